The van der Waals surface area contributed by atoms with Crippen molar-refractivity contribution in [1.82, 2.24) is 0 Å². The molecule has 1 unspecified atom stereocenters. The van der Waals surface area contributed by atoms with Crippen LogP contribution in [-0.4, -0.2) is 70.4 Å². The van der Waals surface area contributed by atoms with Crippen LogP contribution in [0.5, 0.6) is 0 Å². The molecule has 61 heavy (non-hydrogen) atoms. The van der Waals surface area contributed by atoms with Crippen LogP contribution in [0.25, 0.3) is 0 Å². The molecule has 0 heterocycles. The van der Waals surface area contributed by atoms with E-state index in [0.29, 0.717) is 12.8 Å². The standard InChI is InChI=1S/C46H76O13P2/c1-3-5-7-9-11-13-15-17-19-20-21-22-24-26-28-30-32-34-36-38-46(49)59-44(42-58-61(53,54)57-40-43(47)39-56-60(50,51)52)41-55-45(48)37-35-33-31-29-27-25-23-18-16-14-12-10-8-6-4-2/h5-8,11-14,17-19,21-23,26,28,43-44,47H,3-4,9-10,15-16,20,24-25,27,29-42H2,1-2H3,(H,53,54)(H2,50,51,52)/b7-5-,8-6-,13-11-,14-12-,19-17-,22-21-,23-18-,28-26-/t43-,44+/m0/s1. The molecule has 4 N–H and O–H groups in total. The maximum Gasteiger partial charge on any atom is 0.472 e. The Balaban J connectivity index is 4.62. The molecule has 0 amide bonds. The quantitative estimate of drug-likeness (QED) is 0.0196. The molecule has 0 saturated heterocycles. The molecule has 0 aliphatic heterocycles. The molecule has 13 nitrogen and oxygen atoms in total. The molecule has 0 aliphatic carbocycles. The largest absolute Gasteiger partial charge is 0.472 e. The van der Waals surface area contributed by atoms with E-state index in [1.165, 1.54) is 0 Å². The summed E-state index contributed by atoms with van der Waals surface area (Å²) in [6.45, 7) is 1.46. The second-order valence-electron chi connectivity index (χ2n) is 14.2. The Bertz CT molecular complexity index is 1440. The van der Waals surface area contributed by atoms with Crippen molar-refractivity contribution in [3.8, 4) is 0 Å². The first-order chi connectivity index (χ1) is 29.4. The van der Waals surface area contributed by atoms with Crippen molar-refractivity contribution in [1.29, 1.82) is 0 Å². The van der Waals surface area contributed by atoms with Crippen molar-refractivity contribution in [3.63, 3.8) is 0 Å². The van der Waals surface area contributed by atoms with Crippen LogP contribution in [-0.2, 0) is 41.8 Å². The van der Waals surface area contributed by atoms with Crippen LogP contribution in [0.3, 0.4) is 0 Å². The van der Waals surface area contributed by atoms with Gasteiger partial charge in [0.1, 0.15) is 12.7 Å². The molecule has 0 aromatic carbocycles. The number of rotatable bonds is 40. The Morgan fingerprint density at radius 2 is 0.852 bits per heavy atom. The lowest BCUT2D eigenvalue weighted by Gasteiger charge is -2.20. The summed E-state index contributed by atoms with van der Waals surface area (Å²) in [5, 5.41) is 9.75. The first-order valence-electron chi connectivity index (χ1n) is 21.9. The first-order valence-corrected chi connectivity index (χ1v) is 25.0. The van der Waals surface area contributed by atoms with Crippen LogP contribution in [0, 0.1) is 0 Å². The van der Waals surface area contributed by atoms with Gasteiger partial charge in [-0.05, 0) is 89.9 Å². The fraction of sp³-hybridized carbons (Fsp3) is 0.609. The van der Waals surface area contributed by atoms with E-state index >= 15 is 0 Å². The Morgan fingerprint density at radius 3 is 1.33 bits per heavy atom. The highest BCUT2D eigenvalue weighted by Crippen LogP contribution is 2.43. The fourth-order valence-electron chi connectivity index (χ4n) is 5.21. The molecular formula is C46H76O13P2. The van der Waals surface area contributed by atoms with E-state index in [2.05, 4.69) is 120 Å². The van der Waals surface area contributed by atoms with Crippen molar-refractivity contribution in [2.24, 2.45) is 0 Å². The lowest BCUT2D eigenvalue weighted by atomic mass is 10.1. The maximum atomic E-state index is 12.7. The lowest BCUT2D eigenvalue weighted by Crippen LogP contribution is -2.30. The Kier molecular flexibility index (Phi) is 39.1. The lowest BCUT2D eigenvalue weighted by molar-refractivity contribution is -0.161. The SMILES string of the molecule is CC/C=C\C/C=C\C/C=C\C/C=C\C/C=C\CCCCCC(=O)O[C@H](COC(=O)CCCCCCC/C=C\C/C=C\C/C=C\CC)COP(=O)(O)OC[C@@H](O)COP(=O)(O)O. The third kappa shape index (κ3) is 44.9. The van der Waals surface area contributed by atoms with Gasteiger partial charge in [0.2, 0.25) is 0 Å². The first kappa shape index (κ1) is 58.0. The van der Waals surface area contributed by atoms with Crippen molar-refractivity contribution >= 4 is 27.6 Å². The number of ether oxygens (including phenoxy) is 2. The summed E-state index contributed by atoms with van der Waals surface area (Å²) in [5.74, 6) is -1.10. The van der Waals surface area contributed by atoms with Crippen LogP contribution in [0.4, 0.5) is 0 Å². The van der Waals surface area contributed by atoms with E-state index in [1.54, 1.807) is 0 Å². The molecule has 348 valence electrons. The van der Waals surface area contributed by atoms with Gasteiger partial charge in [0.25, 0.3) is 0 Å². The number of phosphoric ester groups is 2. The zero-order chi connectivity index (χ0) is 45.1. The van der Waals surface area contributed by atoms with Gasteiger partial charge < -0.3 is 29.3 Å². The Morgan fingerprint density at radius 1 is 0.475 bits per heavy atom. The van der Waals surface area contributed by atoms with E-state index in [-0.39, 0.29) is 12.8 Å². The number of unbranched alkanes of at least 4 members (excludes halogenated alkanes) is 8. The number of hydrogen-bond donors (Lipinski definition) is 4. The number of aliphatic hydroxyl groups is 1. The number of allylic oxidation sites excluding steroid dienone is 16. The molecule has 0 spiro atoms. The molecule has 0 rings (SSSR count). The molecule has 0 fully saturated rings. The van der Waals surface area contributed by atoms with Gasteiger partial charge in [0, 0.05) is 12.8 Å². The second kappa shape index (κ2) is 41.1. The predicted molar refractivity (Wildman–Crippen MR) is 243 cm³/mol. The molecule has 0 saturated carbocycles. The molecule has 0 bridgehead atoms. The maximum absolute atomic E-state index is 12.7. The summed E-state index contributed by atoms with van der Waals surface area (Å²) >= 11 is 0. The predicted octanol–water partition coefficient (Wildman–Crippen LogP) is 11.3. The van der Waals surface area contributed by atoms with Gasteiger partial charge in [-0.25, -0.2) is 9.13 Å². The second-order valence-corrected chi connectivity index (χ2v) is 16.9. The molecule has 0 aromatic rings. The average Bonchev–Trinajstić information content (AvgIpc) is 3.22. The van der Waals surface area contributed by atoms with E-state index in [9.17, 15) is 28.7 Å². The van der Waals surface area contributed by atoms with Crippen LogP contribution in [0.1, 0.15) is 142 Å². The smallest absolute Gasteiger partial charge is 0.462 e. The molecule has 15 heteroatoms. The molecule has 0 aromatic heterocycles. The monoisotopic (exact) mass is 898 g/mol. The van der Waals surface area contributed by atoms with Crippen molar-refractivity contribution in [3.05, 3.63) is 97.2 Å². The summed E-state index contributed by atoms with van der Waals surface area (Å²) in [6.07, 6.45) is 48.2. The molecule has 0 radical (unpaired) electrons. The number of hydrogen-bond acceptors (Lipinski definition) is 10. The topological polar surface area (TPSA) is 195 Å². The van der Waals surface area contributed by atoms with Gasteiger partial charge in [-0.1, -0.05) is 137 Å². The van der Waals surface area contributed by atoms with Gasteiger partial charge in [0.15, 0.2) is 6.10 Å². The highest BCUT2D eigenvalue weighted by Gasteiger charge is 2.28. The minimum absolute atomic E-state index is 0.0823. The van der Waals surface area contributed by atoms with E-state index in [0.717, 1.165) is 103 Å². The number of carbonyl (C=O) groups is 2. The number of carbonyl (C=O) groups excluding carboxylic acids is 2. The summed E-state index contributed by atoms with van der Waals surface area (Å²) in [4.78, 5) is 52.7. The van der Waals surface area contributed by atoms with E-state index in [1.807, 2.05) is 0 Å². The normalized spacial score (nSPS) is 14.9. The fourth-order valence-corrected chi connectivity index (χ4v) is 6.37. The molecule has 0 aliphatic rings. The van der Waals surface area contributed by atoms with Crippen LogP contribution >= 0.6 is 15.6 Å². The third-order valence-electron chi connectivity index (χ3n) is 8.46. The average molecular weight is 899 g/mol. The summed E-state index contributed by atoms with van der Waals surface area (Å²) in [6, 6.07) is 0. The van der Waals surface area contributed by atoms with Crippen molar-refractivity contribution < 1.29 is 61.6 Å². The van der Waals surface area contributed by atoms with Gasteiger partial charge in [0.05, 0.1) is 19.8 Å². The van der Waals surface area contributed by atoms with Crippen LogP contribution in [0.15, 0.2) is 97.2 Å². The van der Waals surface area contributed by atoms with E-state index in [4.69, 9.17) is 23.8 Å². The van der Waals surface area contributed by atoms with Gasteiger partial charge in [-0.2, -0.15) is 0 Å². The van der Waals surface area contributed by atoms with Crippen LogP contribution < -0.4 is 0 Å². The number of aliphatic hydroxyl groups excluding tert-OH is 1. The van der Waals surface area contributed by atoms with Gasteiger partial charge >= 0.3 is 27.6 Å². The minimum atomic E-state index is -4.87. The molecular weight excluding hydrogens is 822 g/mol. The van der Waals surface area contributed by atoms with E-state index < -0.39 is 66.2 Å². The van der Waals surface area contributed by atoms with Crippen molar-refractivity contribution in [2.45, 2.75) is 154 Å². The Labute approximate surface area is 366 Å². The zero-order valence-electron chi connectivity index (χ0n) is 36.7. The van der Waals surface area contributed by atoms with Gasteiger partial charge in [-0.15, -0.1) is 0 Å². The number of esters is 2. The Hall–Kier alpha value is -2.96. The highest BCUT2D eigenvalue weighted by atomic mass is 31.2. The van der Waals surface area contributed by atoms with Crippen LogP contribution in [0.2, 0.25) is 0 Å². The third-order valence-corrected chi connectivity index (χ3v) is 9.89. The summed E-state index contributed by atoms with van der Waals surface area (Å²) in [5.41, 5.74) is 0. The number of phosphoric acid groups is 2. The summed E-state index contributed by atoms with van der Waals surface area (Å²) < 4.78 is 47.7. The minimum Gasteiger partial charge on any atom is -0.462 e. The van der Waals surface area contributed by atoms with Gasteiger partial charge in [-0.3, -0.25) is 23.2 Å². The highest BCUT2D eigenvalue weighted by molar-refractivity contribution is 7.47. The van der Waals surface area contributed by atoms with Crippen molar-refractivity contribution in [2.75, 3.05) is 26.4 Å². The zero-order valence-corrected chi connectivity index (χ0v) is 38.5. The summed E-state index contributed by atoms with van der Waals surface area (Å²) in [7, 11) is -9.70. The molecule has 3 atom stereocenters.